The average molecular weight is 287 g/mol. The zero-order valence-corrected chi connectivity index (χ0v) is 11.2. The summed E-state index contributed by atoms with van der Waals surface area (Å²) in [5.41, 5.74) is 1.34. The van der Waals surface area contributed by atoms with E-state index in [1.165, 1.54) is 17.4 Å². The SMILES string of the molecule is O=C(O)Cc1csc(-c2ccc(F)c3ccccc23)n1. The van der Waals surface area contributed by atoms with Crippen molar-refractivity contribution in [2.24, 2.45) is 0 Å². The number of carboxylic acids is 1. The van der Waals surface area contributed by atoms with Crippen molar-refractivity contribution in [3.8, 4) is 10.6 Å². The van der Waals surface area contributed by atoms with Gasteiger partial charge in [-0.3, -0.25) is 4.79 Å². The number of hydrogen-bond donors (Lipinski definition) is 1. The quantitative estimate of drug-likeness (QED) is 0.798. The van der Waals surface area contributed by atoms with Gasteiger partial charge < -0.3 is 5.11 Å². The maximum atomic E-state index is 13.8. The Morgan fingerprint density at radius 1 is 1.20 bits per heavy atom. The van der Waals surface area contributed by atoms with Crippen molar-refractivity contribution in [1.82, 2.24) is 4.98 Å². The number of carboxylic acid groups (broad SMARTS) is 1. The van der Waals surface area contributed by atoms with Gasteiger partial charge in [0.05, 0.1) is 12.1 Å². The van der Waals surface area contributed by atoms with Crippen LogP contribution in [0.3, 0.4) is 0 Å². The fourth-order valence-electron chi connectivity index (χ4n) is 2.12. The molecule has 1 aromatic heterocycles. The predicted octanol–water partition coefficient (Wildman–Crippen LogP) is 3.73. The highest BCUT2D eigenvalue weighted by Crippen LogP contribution is 2.32. The van der Waals surface area contributed by atoms with Crippen molar-refractivity contribution < 1.29 is 14.3 Å². The summed E-state index contributed by atoms with van der Waals surface area (Å²) in [6.45, 7) is 0. The van der Waals surface area contributed by atoms with Crippen LogP contribution in [0.15, 0.2) is 41.8 Å². The smallest absolute Gasteiger partial charge is 0.309 e. The third-order valence-electron chi connectivity index (χ3n) is 2.99. The zero-order valence-electron chi connectivity index (χ0n) is 10.3. The molecular formula is C15H10FNO2S. The zero-order chi connectivity index (χ0) is 14.1. The molecule has 0 bridgehead atoms. The molecule has 0 spiro atoms. The first-order chi connectivity index (χ1) is 9.65. The Hall–Kier alpha value is -2.27. The van der Waals surface area contributed by atoms with Gasteiger partial charge in [-0.1, -0.05) is 24.3 Å². The lowest BCUT2D eigenvalue weighted by molar-refractivity contribution is -0.136. The number of nitrogens with zero attached hydrogens (tertiary/aromatic N) is 1. The maximum absolute atomic E-state index is 13.8. The summed E-state index contributed by atoms with van der Waals surface area (Å²) < 4.78 is 13.8. The largest absolute Gasteiger partial charge is 0.481 e. The molecule has 5 heteroatoms. The van der Waals surface area contributed by atoms with E-state index in [9.17, 15) is 9.18 Å². The minimum absolute atomic E-state index is 0.102. The molecule has 0 unspecified atom stereocenters. The standard InChI is InChI=1S/C15H10FNO2S/c16-13-6-5-12(10-3-1-2-4-11(10)13)15-17-9(8-20-15)7-14(18)19/h1-6,8H,7H2,(H,18,19). The highest BCUT2D eigenvalue weighted by Gasteiger charge is 2.12. The normalized spacial score (nSPS) is 10.8. The van der Waals surface area contributed by atoms with E-state index in [4.69, 9.17) is 5.11 Å². The summed E-state index contributed by atoms with van der Waals surface area (Å²) in [5, 5.41) is 12.5. The average Bonchev–Trinajstić information content (AvgIpc) is 2.87. The summed E-state index contributed by atoms with van der Waals surface area (Å²) in [4.78, 5) is 15.0. The van der Waals surface area contributed by atoms with Crippen LogP contribution < -0.4 is 0 Å². The molecule has 100 valence electrons. The molecule has 0 aliphatic rings. The van der Waals surface area contributed by atoms with Crippen molar-refractivity contribution in [1.29, 1.82) is 0 Å². The predicted molar refractivity (Wildman–Crippen MR) is 76.4 cm³/mol. The van der Waals surface area contributed by atoms with Crippen molar-refractivity contribution in [2.45, 2.75) is 6.42 Å². The molecule has 2 aromatic carbocycles. The molecule has 0 fully saturated rings. The molecule has 0 atom stereocenters. The Bertz CT molecular complexity index is 797. The summed E-state index contributed by atoms with van der Waals surface area (Å²) in [6, 6.07) is 10.3. The molecule has 0 saturated heterocycles. The lowest BCUT2D eigenvalue weighted by Gasteiger charge is -2.04. The Labute approximate surface area is 118 Å². The summed E-state index contributed by atoms with van der Waals surface area (Å²) in [7, 11) is 0. The van der Waals surface area contributed by atoms with E-state index in [0.717, 1.165) is 10.9 Å². The van der Waals surface area contributed by atoms with E-state index in [2.05, 4.69) is 4.98 Å². The second-order valence-electron chi connectivity index (χ2n) is 4.36. The van der Waals surface area contributed by atoms with Crippen molar-refractivity contribution in [3.05, 3.63) is 53.3 Å². The molecule has 0 radical (unpaired) electrons. The van der Waals surface area contributed by atoms with Crippen molar-refractivity contribution >= 4 is 28.1 Å². The second kappa shape index (κ2) is 5.02. The van der Waals surface area contributed by atoms with Gasteiger partial charge in [0.15, 0.2) is 0 Å². The van der Waals surface area contributed by atoms with E-state index in [-0.39, 0.29) is 12.2 Å². The topological polar surface area (TPSA) is 50.2 Å². The van der Waals surface area contributed by atoms with Crippen LogP contribution >= 0.6 is 11.3 Å². The van der Waals surface area contributed by atoms with Crippen LogP contribution in [0.4, 0.5) is 4.39 Å². The van der Waals surface area contributed by atoms with Crippen molar-refractivity contribution in [2.75, 3.05) is 0 Å². The first-order valence-corrected chi connectivity index (χ1v) is 6.87. The van der Waals surface area contributed by atoms with Gasteiger partial charge in [-0.05, 0) is 17.5 Å². The van der Waals surface area contributed by atoms with Crippen molar-refractivity contribution in [3.63, 3.8) is 0 Å². The molecule has 0 aliphatic carbocycles. The maximum Gasteiger partial charge on any atom is 0.309 e. The first-order valence-electron chi connectivity index (χ1n) is 5.99. The van der Waals surface area contributed by atoms with E-state index in [1.807, 2.05) is 12.1 Å². The second-order valence-corrected chi connectivity index (χ2v) is 5.21. The van der Waals surface area contributed by atoms with Gasteiger partial charge in [0.2, 0.25) is 0 Å². The summed E-state index contributed by atoms with van der Waals surface area (Å²) in [5.74, 6) is -1.18. The van der Waals surface area contributed by atoms with Crippen LogP contribution in [0.5, 0.6) is 0 Å². The Kier molecular flexibility index (Phi) is 3.20. The third-order valence-corrected chi connectivity index (χ3v) is 3.91. The molecule has 0 aliphatic heterocycles. The van der Waals surface area contributed by atoms with E-state index >= 15 is 0 Å². The van der Waals surface area contributed by atoms with Crippen LogP contribution in [-0.4, -0.2) is 16.1 Å². The monoisotopic (exact) mass is 287 g/mol. The number of aromatic nitrogens is 1. The number of rotatable bonds is 3. The van der Waals surface area contributed by atoms with Crippen LogP contribution in [-0.2, 0) is 11.2 Å². The molecular weight excluding hydrogens is 277 g/mol. The molecule has 1 N–H and O–H groups in total. The van der Waals surface area contributed by atoms with Gasteiger partial charge in [0, 0.05) is 16.3 Å². The minimum atomic E-state index is -0.911. The van der Waals surface area contributed by atoms with Gasteiger partial charge in [0.1, 0.15) is 10.8 Å². The van der Waals surface area contributed by atoms with Gasteiger partial charge in [-0.25, -0.2) is 9.37 Å². The minimum Gasteiger partial charge on any atom is -0.481 e. The third kappa shape index (κ3) is 2.28. The number of carbonyl (C=O) groups is 1. The molecule has 3 rings (SSSR count). The molecule has 0 saturated carbocycles. The van der Waals surface area contributed by atoms with Gasteiger partial charge in [0.25, 0.3) is 0 Å². The van der Waals surface area contributed by atoms with Crippen LogP contribution in [0.2, 0.25) is 0 Å². The highest BCUT2D eigenvalue weighted by molar-refractivity contribution is 7.13. The molecule has 0 amide bonds. The lowest BCUT2D eigenvalue weighted by atomic mass is 10.0. The Morgan fingerprint density at radius 3 is 2.70 bits per heavy atom. The number of hydrogen-bond acceptors (Lipinski definition) is 3. The number of fused-ring (bicyclic) bond motifs is 1. The Balaban J connectivity index is 2.13. The van der Waals surface area contributed by atoms with Gasteiger partial charge in [-0.15, -0.1) is 11.3 Å². The van der Waals surface area contributed by atoms with Crippen LogP contribution in [0, 0.1) is 5.82 Å². The van der Waals surface area contributed by atoms with Crippen LogP contribution in [0.1, 0.15) is 5.69 Å². The number of aliphatic carboxylic acids is 1. The molecule has 3 nitrogen and oxygen atoms in total. The molecule has 20 heavy (non-hydrogen) atoms. The molecule has 1 heterocycles. The summed E-state index contributed by atoms with van der Waals surface area (Å²) in [6.07, 6.45) is -0.102. The lowest BCUT2D eigenvalue weighted by Crippen LogP contribution is -1.99. The first kappa shape index (κ1) is 12.7. The summed E-state index contributed by atoms with van der Waals surface area (Å²) >= 11 is 1.37. The highest BCUT2D eigenvalue weighted by atomic mass is 32.1. The fraction of sp³-hybridized carbons (Fsp3) is 0.0667. The van der Waals surface area contributed by atoms with Crippen LogP contribution in [0.25, 0.3) is 21.3 Å². The number of thiazole rings is 1. The van der Waals surface area contributed by atoms with Gasteiger partial charge in [-0.2, -0.15) is 0 Å². The fourth-order valence-corrected chi connectivity index (χ4v) is 2.97. The van der Waals surface area contributed by atoms with E-state index < -0.39 is 5.97 Å². The number of halogens is 1. The van der Waals surface area contributed by atoms with E-state index in [0.29, 0.717) is 16.1 Å². The van der Waals surface area contributed by atoms with Gasteiger partial charge >= 0.3 is 5.97 Å². The molecule has 3 aromatic rings. The Morgan fingerprint density at radius 2 is 1.95 bits per heavy atom. The number of benzene rings is 2. The van der Waals surface area contributed by atoms with E-state index in [1.54, 1.807) is 23.6 Å².